The minimum absolute atomic E-state index is 0.000139. The molecule has 2 aromatic heterocycles. The minimum atomic E-state index is -0.329. The van der Waals surface area contributed by atoms with Crippen LogP contribution in [0.1, 0.15) is 26.3 Å². The summed E-state index contributed by atoms with van der Waals surface area (Å²) in [5.41, 5.74) is 0.287. The molecule has 98 valence electrons. The van der Waals surface area contributed by atoms with Gasteiger partial charge in [0.2, 0.25) is 0 Å². The Morgan fingerprint density at radius 1 is 1.28 bits per heavy atom. The molecule has 0 aromatic carbocycles. The van der Waals surface area contributed by atoms with Gasteiger partial charge >= 0.3 is 5.69 Å². The highest BCUT2D eigenvalue weighted by molar-refractivity contribution is 7.71. The number of hydrogen-bond donors (Lipinski definition) is 1. The Morgan fingerprint density at radius 3 is 2.44 bits per heavy atom. The van der Waals surface area contributed by atoms with Crippen LogP contribution >= 0.6 is 12.2 Å². The van der Waals surface area contributed by atoms with Gasteiger partial charge in [0, 0.05) is 20.1 Å². The third kappa shape index (κ3) is 1.58. The summed E-state index contributed by atoms with van der Waals surface area (Å²) in [4.78, 5) is 27.2. The van der Waals surface area contributed by atoms with E-state index in [0.29, 0.717) is 15.9 Å². The zero-order chi connectivity index (χ0) is 13.6. The number of rotatable bonds is 2. The lowest BCUT2D eigenvalue weighted by molar-refractivity contribution is 0.499. The fraction of sp³-hybridized carbons (Fsp3) is 0.545. The predicted molar refractivity (Wildman–Crippen MR) is 72.6 cm³/mol. The zero-order valence-electron chi connectivity index (χ0n) is 10.9. The Bertz CT molecular complexity index is 777. The molecule has 2 aromatic rings. The van der Waals surface area contributed by atoms with Gasteiger partial charge in [0.1, 0.15) is 5.65 Å². The summed E-state index contributed by atoms with van der Waals surface area (Å²) >= 11 is 5.13. The monoisotopic (exact) mass is 268 g/mol. The largest absolute Gasteiger partial charge is 0.332 e. The standard InChI is InChI=1S/C11H16N4O2S/c1-5-6(2)15-8-7(13(3)10(18)12-8)9(16)14(4)11(15)17/h6H,5H2,1-4H3,(H,12,18). The minimum Gasteiger partial charge on any atom is -0.316 e. The summed E-state index contributed by atoms with van der Waals surface area (Å²) in [6.45, 7) is 3.93. The number of fused-ring (bicyclic) bond motifs is 1. The first kappa shape index (κ1) is 12.8. The highest BCUT2D eigenvalue weighted by Gasteiger charge is 2.17. The van der Waals surface area contributed by atoms with Crippen molar-refractivity contribution in [3.63, 3.8) is 0 Å². The highest BCUT2D eigenvalue weighted by atomic mass is 32.1. The topological polar surface area (TPSA) is 64.7 Å². The van der Waals surface area contributed by atoms with Crippen LogP contribution in [0.5, 0.6) is 0 Å². The van der Waals surface area contributed by atoms with Crippen molar-refractivity contribution in [2.75, 3.05) is 0 Å². The summed E-state index contributed by atoms with van der Waals surface area (Å²) in [5.74, 6) is 0. The molecule has 0 bridgehead atoms. The third-order valence-corrected chi connectivity index (χ3v) is 3.74. The summed E-state index contributed by atoms with van der Waals surface area (Å²) in [6, 6.07) is -0.000139. The van der Waals surface area contributed by atoms with E-state index in [4.69, 9.17) is 12.2 Å². The molecule has 18 heavy (non-hydrogen) atoms. The second-order valence-corrected chi connectivity index (χ2v) is 4.85. The van der Waals surface area contributed by atoms with Crippen LogP contribution in [0.4, 0.5) is 0 Å². The molecule has 7 heteroatoms. The van der Waals surface area contributed by atoms with Crippen LogP contribution in [-0.2, 0) is 14.1 Å². The molecule has 0 saturated carbocycles. The van der Waals surface area contributed by atoms with Crippen molar-refractivity contribution >= 4 is 23.4 Å². The Labute approximate surface area is 108 Å². The maximum atomic E-state index is 12.2. The average Bonchev–Trinajstić information content (AvgIpc) is 2.63. The van der Waals surface area contributed by atoms with Gasteiger partial charge in [-0.05, 0) is 25.6 Å². The molecule has 0 aliphatic heterocycles. The summed E-state index contributed by atoms with van der Waals surface area (Å²) < 4.78 is 4.75. The average molecular weight is 268 g/mol. The molecule has 2 heterocycles. The number of H-pyrrole nitrogens is 1. The van der Waals surface area contributed by atoms with Crippen molar-refractivity contribution in [2.45, 2.75) is 26.3 Å². The lowest BCUT2D eigenvalue weighted by atomic mass is 10.2. The number of nitrogens with zero attached hydrogens (tertiary/aromatic N) is 3. The number of imidazole rings is 1. The fourth-order valence-corrected chi connectivity index (χ4v) is 2.21. The van der Waals surface area contributed by atoms with Crippen molar-refractivity contribution < 1.29 is 0 Å². The summed E-state index contributed by atoms with van der Waals surface area (Å²) in [5, 5.41) is 0. The van der Waals surface area contributed by atoms with Crippen LogP contribution in [0.2, 0.25) is 0 Å². The van der Waals surface area contributed by atoms with Crippen LogP contribution < -0.4 is 11.2 Å². The highest BCUT2D eigenvalue weighted by Crippen LogP contribution is 2.14. The SMILES string of the molecule is CCC(C)n1c(=O)n(C)c(=O)c2c1[nH]c(=S)n2C. The van der Waals surface area contributed by atoms with E-state index in [0.717, 1.165) is 11.0 Å². The smallest absolute Gasteiger partial charge is 0.316 e. The van der Waals surface area contributed by atoms with E-state index in [9.17, 15) is 9.59 Å². The van der Waals surface area contributed by atoms with Gasteiger partial charge in [0.25, 0.3) is 5.56 Å². The van der Waals surface area contributed by atoms with E-state index < -0.39 is 0 Å². The molecule has 0 aliphatic carbocycles. The van der Waals surface area contributed by atoms with Crippen molar-refractivity contribution in [1.82, 2.24) is 18.7 Å². The van der Waals surface area contributed by atoms with Crippen molar-refractivity contribution in [3.8, 4) is 0 Å². The molecule has 2 rings (SSSR count). The molecule has 0 amide bonds. The number of aromatic amines is 1. The van der Waals surface area contributed by atoms with E-state index in [1.54, 1.807) is 16.2 Å². The van der Waals surface area contributed by atoms with E-state index >= 15 is 0 Å². The molecule has 0 saturated heterocycles. The molecular formula is C11H16N4O2S. The zero-order valence-corrected chi connectivity index (χ0v) is 11.7. The molecule has 6 nitrogen and oxygen atoms in total. The van der Waals surface area contributed by atoms with Gasteiger partial charge in [-0.3, -0.25) is 13.9 Å². The van der Waals surface area contributed by atoms with Crippen molar-refractivity contribution in [3.05, 3.63) is 25.6 Å². The number of aromatic nitrogens is 4. The van der Waals surface area contributed by atoms with Crippen LogP contribution in [0.15, 0.2) is 9.59 Å². The molecule has 0 spiro atoms. The molecule has 1 unspecified atom stereocenters. The predicted octanol–water partition coefficient (Wildman–Crippen LogP) is 1.07. The van der Waals surface area contributed by atoms with Crippen LogP contribution in [0.3, 0.4) is 0 Å². The van der Waals surface area contributed by atoms with Crippen LogP contribution in [0, 0.1) is 4.77 Å². The van der Waals surface area contributed by atoms with E-state index in [1.807, 2.05) is 13.8 Å². The number of aryl methyl sites for hydroxylation is 1. The quantitative estimate of drug-likeness (QED) is 0.829. The summed E-state index contributed by atoms with van der Waals surface area (Å²) in [7, 11) is 3.20. The van der Waals surface area contributed by atoms with Crippen LogP contribution in [-0.4, -0.2) is 18.7 Å². The molecule has 0 radical (unpaired) electrons. The third-order valence-electron chi connectivity index (χ3n) is 3.36. The van der Waals surface area contributed by atoms with Gasteiger partial charge in [0.15, 0.2) is 10.3 Å². The first-order valence-corrected chi connectivity index (χ1v) is 6.21. The molecule has 0 fully saturated rings. The Hall–Kier alpha value is -1.63. The maximum absolute atomic E-state index is 12.2. The molecular weight excluding hydrogens is 252 g/mol. The van der Waals surface area contributed by atoms with Gasteiger partial charge in [0.05, 0.1) is 0 Å². The summed E-state index contributed by atoms with van der Waals surface area (Å²) in [6.07, 6.45) is 0.794. The Balaban J connectivity index is 3.12. The second-order valence-electron chi connectivity index (χ2n) is 4.46. The van der Waals surface area contributed by atoms with Gasteiger partial charge in [-0.2, -0.15) is 0 Å². The first-order valence-electron chi connectivity index (χ1n) is 5.80. The van der Waals surface area contributed by atoms with Crippen molar-refractivity contribution in [1.29, 1.82) is 0 Å². The van der Waals surface area contributed by atoms with Gasteiger partial charge in [-0.25, -0.2) is 4.79 Å². The maximum Gasteiger partial charge on any atom is 0.332 e. The molecule has 1 atom stereocenters. The van der Waals surface area contributed by atoms with Gasteiger partial charge in [-0.1, -0.05) is 6.92 Å². The molecule has 1 N–H and O–H groups in total. The van der Waals surface area contributed by atoms with Crippen molar-refractivity contribution in [2.24, 2.45) is 14.1 Å². The fourth-order valence-electron chi connectivity index (χ4n) is 2.02. The van der Waals surface area contributed by atoms with Gasteiger partial charge in [-0.15, -0.1) is 0 Å². The van der Waals surface area contributed by atoms with Crippen LogP contribution in [0.25, 0.3) is 11.2 Å². The number of hydrogen-bond acceptors (Lipinski definition) is 3. The van der Waals surface area contributed by atoms with E-state index in [-0.39, 0.29) is 17.3 Å². The first-order chi connectivity index (χ1) is 8.40. The number of nitrogens with one attached hydrogen (secondary N) is 1. The normalized spacial score (nSPS) is 13.1. The van der Waals surface area contributed by atoms with Gasteiger partial charge < -0.3 is 9.55 Å². The lowest BCUT2D eigenvalue weighted by Gasteiger charge is -2.15. The van der Waals surface area contributed by atoms with E-state index in [1.165, 1.54) is 7.05 Å². The second kappa shape index (κ2) is 4.24. The lowest BCUT2D eigenvalue weighted by Crippen LogP contribution is -2.39. The molecule has 0 aliphatic rings. The van der Waals surface area contributed by atoms with E-state index in [2.05, 4.69) is 4.98 Å². The Morgan fingerprint density at radius 2 is 1.89 bits per heavy atom. The Kier molecular flexibility index (Phi) is 3.02.